The monoisotopic (exact) mass is 388 g/mol. The second-order valence-electron chi connectivity index (χ2n) is 4.91. The van der Waals surface area contributed by atoms with Gasteiger partial charge in [-0.25, -0.2) is 9.97 Å². The van der Waals surface area contributed by atoms with Gasteiger partial charge in [0.1, 0.15) is 5.82 Å². The van der Waals surface area contributed by atoms with Crippen molar-refractivity contribution in [2.24, 2.45) is 0 Å². The molecule has 0 bridgehead atoms. The van der Waals surface area contributed by atoms with Crippen molar-refractivity contribution in [2.45, 2.75) is 0 Å². The third-order valence-corrected chi connectivity index (χ3v) is 3.53. The first-order valence-electron chi connectivity index (χ1n) is 7.21. The fourth-order valence-electron chi connectivity index (χ4n) is 1.94. The molecule has 0 saturated heterocycles. The number of anilines is 2. The van der Waals surface area contributed by atoms with E-state index in [1.807, 2.05) is 0 Å². The van der Waals surface area contributed by atoms with Crippen LogP contribution in [0.15, 0.2) is 48.8 Å². The van der Waals surface area contributed by atoms with Crippen LogP contribution in [0.4, 0.5) is 11.5 Å². The maximum Gasteiger partial charge on any atom is 0.277 e. The van der Waals surface area contributed by atoms with Crippen LogP contribution in [-0.2, 0) is 0 Å². The van der Waals surface area contributed by atoms with Crippen LogP contribution >= 0.6 is 23.2 Å². The number of amides is 2. The van der Waals surface area contributed by atoms with Gasteiger partial charge in [-0.15, -0.1) is 10.2 Å². The molecule has 0 atom stereocenters. The second kappa shape index (κ2) is 7.85. The zero-order valence-corrected chi connectivity index (χ0v) is 14.5. The molecule has 0 unspecified atom stereocenters. The third-order valence-electron chi connectivity index (χ3n) is 3.10. The number of hydrogen-bond donors (Lipinski definition) is 2. The Labute approximate surface area is 157 Å². The van der Waals surface area contributed by atoms with Gasteiger partial charge in [-0.2, -0.15) is 0 Å². The Balaban J connectivity index is 1.79. The number of carbonyl (C=O) groups is 2. The van der Waals surface area contributed by atoms with E-state index in [2.05, 4.69) is 30.8 Å². The molecular weight excluding hydrogens is 379 g/mol. The fraction of sp³-hybridized carbons (Fsp3) is 0. The standard InChI is InChI=1S/C16H10Cl2N6O2/c17-9-3-6-13(20-8-9)22-16(26)14-10(2-1-7-19-14)21-15(25)11-4-5-12(18)24-23-11/h1-8H,(H,21,25)(H,20,22,26). The molecule has 8 nitrogen and oxygen atoms in total. The van der Waals surface area contributed by atoms with E-state index in [4.69, 9.17) is 23.2 Å². The average Bonchev–Trinajstić information content (AvgIpc) is 2.64. The molecule has 0 aliphatic carbocycles. The number of carbonyl (C=O) groups excluding carboxylic acids is 2. The summed E-state index contributed by atoms with van der Waals surface area (Å²) in [5.41, 5.74) is 0.268. The summed E-state index contributed by atoms with van der Waals surface area (Å²) in [6, 6.07) is 9.11. The number of nitrogens with one attached hydrogen (secondary N) is 2. The van der Waals surface area contributed by atoms with Crippen molar-refractivity contribution in [1.82, 2.24) is 20.2 Å². The quantitative estimate of drug-likeness (QED) is 0.710. The minimum atomic E-state index is -0.555. The molecule has 3 aromatic rings. The van der Waals surface area contributed by atoms with Crippen LogP contribution in [0.1, 0.15) is 21.0 Å². The Hall–Kier alpha value is -3.10. The van der Waals surface area contributed by atoms with Gasteiger partial charge in [0, 0.05) is 12.4 Å². The molecule has 3 aromatic heterocycles. The van der Waals surface area contributed by atoms with Crippen LogP contribution in [0, 0.1) is 0 Å². The van der Waals surface area contributed by atoms with Gasteiger partial charge in [0.15, 0.2) is 16.5 Å². The minimum Gasteiger partial charge on any atom is -0.318 e. The molecule has 26 heavy (non-hydrogen) atoms. The maximum atomic E-state index is 12.4. The van der Waals surface area contributed by atoms with Crippen LogP contribution in [0.2, 0.25) is 10.2 Å². The first-order valence-corrected chi connectivity index (χ1v) is 7.97. The van der Waals surface area contributed by atoms with Crippen molar-refractivity contribution in [1.29, 1.82) is 0 Å². The Kier molecular flexibility index (Phi) is 5.35. The third kappa shape index (κ3) is 4.29. The molecule has 2 N–H and O–H groups in total. The second-order valence-corrected chi connectivity index (χ2v) is 5.73. The lowest BCUT2D eigenvalue weighted by Gasteiger charge is -2.10. The summed E-state index contributed by atoms with van der Waals surface area (Å²) in [6.07, 6.45) is 2.83. The van der Waals surface area contributed by atoms with Crippen LogP contribution in [0.25, 0.3) is 0 Å². The van der Waals surface area contributed by atoms with Gasteiger partial charge >= 0.3 is 0 Å². The van der Waals surface area contributed by atoms with Gasteiger partial charge in [-0.3, -0.25) is 9.59 Å². The smallest absolute Gasteiger partial charge is 0.277 e. The van der Waals surface area contributed by atoms with Gasteiger partial charge < -0.3 is 10.6 Å². The summed E-state index contributed by atoms with van der Waals surface area (Å²) in [7, 11) is 0. The highest BCUT2D eigenvalue weighted by Gasteiger charge is 2.17. The van der Waals surface area contributed by atoms with Crippen LogP contribution in [0.5, 0.6) is 0 Å². The molecule has 0 aliphatic heterocycles. The maximum absolute atomic E-state index is 12.4. The van der Waals surface area contributed by atoms with Gasteiger partial charge in [-0.05, 0) is 36.4 Å². The Morgan fingerprint density at radius 2 is 1.73 bits per heavy atom. The van der Waals surface area contributed by atoms with Crippen LogP contribution in [-0.4, -0.2) is 32.0 Å². The molecule has 0 aliphatic rings. The van der Waals surface area contributed by atoms with Crippen LogP contribution in [0.3, 0.4) is 0 Å². The van der Waals surface area contributed by atoms with E-state index in [0.29, 0.717) is 10.8 Å². The summed E-state index contributed by atoms with van der Waals surface area (Å²) in [4.78, 5) is 32.7. The van der Waals surface area contributed by atoms with Crippen molar-refractivity contribution in [3.8, 4) is 0 Å². The highest BCUT2D eigenvalue weighted by Crippen LogP contribution is 2.16. The Morgan fingerprint density at radius 1 is 0.885 bits per heavy atom. The van der Waals surface area contributed by atoms with E-state index in [1.54, 1.807) is 24.3 Å². The number of rotatable bonds is 4. The Morgan fingerprint density at radius 3 is 2.42 bits per heavy atom. The molecule has 0 radical (unpaired) electrons. The van der Waals surface area contributed by atoms with Gasteiger partial charge in [0.05, 0.1) is 10.7 Å². The van der Waals surface area contributed by atoms with Crippen LogP contribution < -0.4 is 10.6 Å². The molecule has 2 amide bonds. The molecule has 0 fully saturated rings. The molecule has 0 saturated carbocycles. The highest BCUT2D eigenvalue weighted by atomic mass is 35.5. The highest BCUT2D eigenvalue weighted by molar-refractivity contribution is 6.30. The summed E-state index contributed by atoms with van der Waals surface area (Å²) in [6.45, 7) is 0. The predicted molar refractivity (Wildman–Crippen MR) is 96.4 cm³/mol. The van der Waals surface area contributed by atoms with Crippen molar-refractivity contribution in [3.05, 3.63) is 70.4 Å². The van der Waals surface area contributed by atoms with Crippen molar-refractivity contribution >= 4 is 46.5 Å². The van der Waals surface area contributed by atoms with E-state index >= 15 is 0 Å². The molecular formula is C16H10Cl2N6O2. The summed E-state index contributed by atoms with van der Waals surface area (Å²) >= 11 is 11.4. The molecule has 0 spiro atoms. The van der Waals surface area contributed by atoms with Crippen molar-refractivity contribution < 1.29 is 9.59 Å². The lowest BCUT2D eigenvalue weighted by atomic mass is 10.2. The molecule has 0 aromatic carbocycles. The van der Waals surface area contributed by atoms with E-state index < -0.39 is 11.8 Å². The number of aromatic nitrogens is 4. The summed E-state index contributed by atoms with van der Waals surface area (Å²) in [5.74, 6) is -0.801. The van der Waals surface area contributed by atoms with E-state index in [9.17, 15) is 9.59 Å². The van der Waals surface area contributed by atoms with Gasteiger partial charge in [-0.1, -0.05) is 23.2 Å². The normalized spacial score (nSPS) is 10.2. The lowest BCUT2D eigenvalue weighted by Crippen LogP contribution is -2.20. The largest absolute Gasteiger partial charge is 0.318 e. The molecule has 3 heterocycles. The van der Waals surface area contributed by atoms with E-state index in [0.717, 1.165) is 0 Å². The topological polar surface area (TPSA) is 110 Å². The van der Waals surface area contributed by atoms with E-state index in [-0.39, 0.29) is 22.2 Å². The average molecular weight is 389 g/mol. The molecule has 3 rings (SSSR count). The first-order chi connectivity index (χ1) is 12.5. The van der Waals surface area contributed by atoms with Gasteiger partial charge in [0.2, 0.25) is 0 Å². The summed E-state index contributed by atoms with van der Waals surface area (Å²) in [5, 5.41) is 13.0. The summed E-state index contributed by atoms with van der Waals surface area (Å²) < 4.78 is 0. The van der Waals surface area contributed by atoms with Crippen molar-refractivity contribution in [2.75, 3.05) is 10.6 Å². The van der Waals surface area contributed by atoms with Crippen molar-refractivity contribution in [3.63, 3.8) is 0 Å². The fourth-order valence-corrected chi connectivity index (χ4v) is 2.15. The molecule has 10 heteroatoms. The minimum absolute atomic E-state index is 0.0134. The SMILES string of the molecule is O=C(Nc1cccnc1C(=O)Nc1ccc(Cl)cn1)c1ccc(Cl)nn1. The van der Waals surface area contributed by atoms with Gasteiger partial charge in [0.25, 0.3) is 11.8 Å². The number of halogens is 2. The lowest BCUT2D eigenvalue weighted by molar-refractivity contribution is 0.102. The predicted octanol–water partition coefficient (Wildman–Crippen LogP) is 3.08. The van der Waals surface area contributed by atoms with E-state index in [1.165, 1.54) is 24.5 Å². The first kappa shape index (κ1) is 17.7. The zero-order chi connectivity index (χ0) is 18.5. The number of hydrogen-bond acceptors (Lipinski definition) is 6. The zero-order valence-electron chi connectivity index (χ0n) is 13.0. The molecule has 130 valence electrons. The number of pyridine rings is 2. The number of nitrogens with zero attached hydrogens (tertiary/aromatic N) is 4. The Bertz CT molecular complexity index is 948.